The van der Waals surface area contributed by atoms with Crippen molar-refractivity contribution >= 4 is 5.91 Å². The van der Waals surface area contributed by atoms with E-state index in [1.807, 2.05) is 42.2 Å². The highest BCUT2D eigenvalue weighted by atomic mass is 16.5. The lowest BCUT2D eigenvalue weighted by atomic mass is 9.95. The van der Waals surface area contributed by atoms with Crippen LogP contribution in [0, 0.1) is 5.92 Å². The Morgan fingerprint density at radius 1 is 1.12 bits per heavy atom. The number of amides is 1. The highest BCUT2D eigenvalue weighted by molar-refractivity contribution is 6.00. The van der Waals surface area contributed by atoms with E-state index in [0.717, 1.165) is 24.0 Å². The number of ether oxygens (including phenoxy) is 2. The highest BCUT2D eigenvalue weighted by Gasteiger charge is 2.42. The Hall–Kier alpha value is -3.48. The van der Waals surface area contributed by atoms with Crippen molar-refractivity contribution in [3.05, 3.63) is 59.3 Å². The van der Waals surface area contributed by atoms with Gasteiger partial charge in [0.05, 0.1) is 19.3 Å². The molecule has 0 spiro atoms. The molecule has 7 heteroatoms. The molecule has 2 aromatic carbocycles. The summed E-state index contributed by atoms with van der Waals surface area (Å²) in [5, 5.41) is 17.9. The van der Waals surface area contributed by atoms with Crippen LogP contribution in [0.5, 0.6) is 17.2 Å². The van der Waals surface area contributed by atoms with Crippen LogP contribution in [-0.2, 0) is 0 Å². The van der Waals surface area contributed by atoms with Crippen LogP contribution in [0.3, 0.4) is 0 Å². The topological polar surface area (TPSA) is 87.7 Å². The van der Waals surface area contributed by atoms with Crippen LogP contribution in [-0.4, -0.2) is 45.9 Å². The number of hydrogen-bond acceptors (Lipinski definition) is 5. The Morgan fingerprint density at radius 3 is 2.62 bits per heavy atom. The summed E-state index contributed by atoms with van der Waals surface area (Å²) < 4.78 is 11.9. The van der Waals surface area contributed by atoms with Gasteiger partial charge in [-0.05, 0) is 55.5 Å². The molecule has 1 aromatic heterocycles. The molecule has 4 rings (SSSR count). The van der Waals surface area contributed by atoms with E-state index in [4.69, 9.17) is 9.47 Å². The van der Waals surface area contributed by atoms with Gasteiger partial charge < -0.3 is 19.5 Å². The number of para-hydroxylation sites is 1. The summed E-state index contributed by atoms with van der Waals surface area (Å²) in [5.41, 5.74) is 3.33. The second-order valence-corrected chi connectivity index (χ2v) is 8.95. The summed E-state index contributed by atoms with van der Waals surface area (Å²) in [5.74, 6) is 1.95. The van der Waals surface area contributed by atoms with Gasteiger partial charge in [-0.15, -0.1) is 0 Å². The third-order valence-electron chi connectivity index (χ3n) is 6.02. The number of H-pyrrole nitrogens is 1. The van der Waals surface area contributed by atoms with Crippen LogP contribution in [0.25, 0.3) is 11.3 Å². The zero-order chi connectivity index (χ0) is 24.2. The molecule has 0 fully saturated rings. The number of aromatic amines is 1. The van der Waals surface area contributed by atoms with Gasteiger partial charge in [-0.1, -0.05) is 39.0 Å². The van der Waals surface area contributed by atoms with Crippen LogP contribution in [0.2, 0.25) is 0 Å². The minimum Gasteiger partial charge on any atom is -0.507 e. The lowest BCUT2D eigenvalue weighted by Gasteiger charge is -2.26. The van der Waals surface area contributed by atoms with Crippen molar-refractivity contribution in [3.8, 4) is 28.5 Å². The summed E-state index contributed by atoms with van der Waals surface area (Å²) in [4.78, 5) is 15.2. The fourth-order valence-electron chi connectivity index (χ4n) is 4.38. The maximum absolute atomic E-state index is 13.3. The van der Waals surface area contributed by atoms with Gasteiger partial charge in [0.15, 0.2) is 11.5 Å². The number of benzene rings is 2. The number of carbonyl (C=O) groups is 1. The number of nitrogens with zero attached hydrogens (tertiary/aromatic N) is 2. The van der Waals surface area contributed by atoms with E-state index in [2.05, 4.69) is 31.0 Å². The molecule has 34 heavy (non-hydrogen) atoms. The Kier molecular flexibility index (Phi) is 7.10. The molecule has 0 unspecified atom stereocenters. The predicted octanol–water partition coefficient (Wildman–Crippen LogP) is 5.56. The van der Waals surface area contributed by atoms with E-state index in [-0.39, 0.29) is 17.7 Å². The Morgan fingerprint density at radius 2 is 1.91 bits per heavy atom. The Bertz CT molecular complexity index is 1150. The van der Waals surface area contributed by atoms with Gasteiger partial charge in [-0.25, -0.2) is 0 Å². The van der Waals surface area contributed by atoms with Crippen molar-refractivity contribution < 1.29 is 19.4 Å². The molecular formula is C27H33N3O4. The number of phenols is 1. The van der Waals surface area contributed by atoms with Gasteiger partial charge in [0, 0.05) is 17.7 Å². The van der Waals surface area contributed by atoms with E-state index < -0.39 is 0 Å². The van der Waals surface area contributed by atoms with Gasteiger partial charge >= 0.3 is 0 Å². The molecule has 0 bridgehead atoms. The first-order valence-electron chi connectivity index (χ1n) is 12.0. The SMILES string of the molecule is CCCN1C(=O)c2[nH]nc(-c3ccccc3O)c2[C@H]1c1ccc(OCCC(C)C)c(OCC)c1. The number of carbonyl (C=O) groups excluding carboxylic acids is 1. The van der Waals surface area contributed by atoms with Crippen molar-refractivity contribution in [2.24, 2.45) is 5.92 Å². The number of nitrogens with one attached hydrogen (secondary N) is 1. The lowest BCUT2D eigenvalue weighted by Crippen LogP contribution is -2.30. The molecule has 0 radical (unpaired) electrons. The van der Waals surface area contributed by atoms with E-state index in [9.17, 15) is 9.90 Å². The molecule has 7 nitrogen and oxygen atoms in total. The number of fused-ring (bicyclic) bond motifs is 1. The first-order valence-corrected chi connectivity index (χ1v) is 12.0. The third kappa shape index (κ3) is 4.47. The zero-order valence-corrected chi connectivity index (χ0v) is 20.3. The van der Waals surface area contributed by atoms with Crippen molar-refractivity contribution in [2.45, 2.75) is 46.6 Å². The monoisotopic (exact) mass is 463 g/mol. The average Bonchev–Trinajstić information content (AvgIpc) is 3.35. The minimum atomic E-state index is -0.347. The molecule has 1 atom stereocenters. The van der Waals surface area contributed by atoms with Crippen molar-refractivity contribution in [3.63, 3.8) is 0 Å². The third-order valence-corrected chi connectivity index (χ3v) is 6.02. The molecule has 1 amide bonds. The van der Waals surface area contributed by atoms with E-state index >= 15 is 0 Å². The smallest absolute Gasteiger partial charge is 0.273 e. The summed E-state index contributed by atoms with van der Waals surface area (Å²) in [7, 11) is 0. The molecule has 2 heterocycles. The van der Waals surface area contributed by atoms with Crippen LogP contribution < -0.4 is 9.47 Å². The molecule has 0 saturated carbocycles. The van der Waals surface area contributed by atoms with Gasteiger partial charge in [0.1, 0.15) is 17.1 Å². The van der Waals surface area contributed by atoms with Crippen LogP contribution in [0.15, 0.2) is 42.5 Å². The van der Waals surface area contributed by atoms with Gasteiger partial charge in [0.2, 0.25) is 0 Å². The Balaban J connectivity index is 1.78. The van der Waals surface area contributed by atoms with Crippen molar-refractivity contribution in [1.82, 2.24) is 15.1 Å². The maximum Gasteiger partial charge on any atom is 0.273 e. The van der Waals surface area contributed by atoms with Gasteiger partial charge in [0.25, 0.3) is 5.91 Å². The summed E-state index contributed by atoms with van der Waals surface area (Å²) >= 11 is 0. The number of phenolic OH excluding ortho intramolecular Hbond substituents is 1. The number of aromatic hydroxyl groups is 1. The fourth-order valence-corrected chi connectivity index (χ4v) is 4.38. The minimum absolute atomic E-state index is 0.0914. The largest absolute Gasteiger partial charge is 0.507 e. The normalized spacial score (nSPS) is 15.1. The van der Waals surface area contributed by atoms with Crippen molar-refractivity contribution in [2.75, 3.05) is 19.8 Å². The summed E-state index contributed by atoms with van der Waals surface area (Å²) in [6, 6.07) is 12.6. The van der Waals surface area contributed by atoms with Gasteiger partial charge in [-0.3, -0.25) is 9.89 Å². The maximum atomic E-state index is 13.3. The van der Waals surface area contributed by atoms with E-state index in [1.54, 1.807) is 12.1 Å². The number of aromatic nitrogens is 2. The van der Waals surface area contributed by atoms with Crippen LogP contribution in [0.4, 0.5) is 0 Å². The predicted molar refractivity (Wildman–Crippen MR) is 131 cm³/mol. The molecule has 180 valence electrons. The quantitative estimate of drug-likeness (QED) is 0.411. The van der Waals surface area contributed by atoms with Crippen LogP contribution >= 0.6 is 0 Å². The molecule has 0 saturated heterocycles. The molecule has 3 aromatic rings. The standard InChI is InChI=1S/C27H33N3O4/c1-5-14-30-26(18-11-12-21(22(16-18)33-6-2)34-15-13-17(3)4)23-24(28-29-25(23)27(30)32)19-9-7-8-10-20(19)31/h7-12,16-17,26,31H,5-6,13-15H2,1-4H3,(H,28,29)/t26-/m1/s1. The first-order chi connectivity index (χ1) is 16.5. The second-order valence-electron chi connectivity index (χ2n) is 8.95. The van der Waals surface area contributed by atoms with Crippen molar-refractivity contribution in [1.29, 1.82) is 0 Å². The molecule has 0 aliphatic carbocycles. The molecule has 2 N–H and O–H groups in total. The first kappa shape index (κ1) is 23.7. The average molecular weight is 464 g/mol. The zero-order valence-electron chi connectivity index (χ0n) is 20.3. The molecule has 1 aliphatic rings. The van der Waals surface area contributed by atoms with Gasteiger partial charge in [-0.2, -0.15) is 5.10 Å². The molecular weight excluding hydrogens is 430 g/mol. The highest BCUT2D eigenvalue weighted by Crippen LogP contribution is 2.45. The molecule has 1 aliphatic heterocycles. The second kappa shape index (κ2) is 10.2. The van der Waals surface area contributed by atoms with E-state index in [0.29, 0.717) is 54.1 Å². The fraction of sp³-hybridized carbons (Fsp3) is 0.407. The summed E-state index contributed by atoms with van der Waals surface area (Å²) in [6.07, 6.45) is 1.78. The number of hydrogen-bond donors (Lipinski definition) is 2. The number of rotatable bonds is 10. The summed E-state index contributed by atoms with van der Waals surface area (Å²) in [6.45, 7) is 10.0. The van der Waals surface area contributed by atoms with Crippen LogP contribution in [0.1, 0.15) is 68.2 Å². The lowest BCUT2D eigenvalue weighted by molar-refractivity contribution is 0.0743. The van der Waals surface area contributed by atoms with E-state index in [1.165, 1.54) is 0 Å². The Labute approximate surface area is 200 Å².